The van der Waals surface area contributed by atoms with Crippen molar-refractivity contribution in [2.45, 2.75) is 36.8 Å². The van der Waals surface area contributed by atoms with Crippen molar-refractivity contribution in [2.24, 2.45) is 0 Å². The molecule has 0 spiro atoms. The van der Waals surface area contributed by atoms with Gasteiger partial charge in [0, 0.05) is 30.1 Å². The van der Waals surface area contributed by atoms with Gasteiger partial charge in [0.05, 0.1) is 16.7 Å². The molecule has 0 aliphatic carbocycles. The molecular formula is C63H39Br3F9N9O9. The quantitative estimate of drug-likeness (QED) is 0.0810. The molecule has 0 amide bonds. The van der Waals surface area contributed by atoms with E-state index in [-0.39, 0.29) is 33.9 Å². The molecule has 3 aromatic heterocycles. The highest BCUT2D eigenvalue weighted by atomic mass is 79.9. The SMILES string of the molecule is O=C(O)C(Oc1ccc(Br)cc1-n1nc2ccccc2n1)c1cccc(C(F)(F)F)c1.O=C(O)C(Oc1ccc(Br)cc1-n1nc2ccccc2n1)c1cccc(C(F)(F)F)c1.O=C(O)C(Oc1ccc(Br)cc1-n1nc2ccccc2n1)c1cccc(C(F)(F)F)c1. The number of aromatic nitrogens is 9. The highest BCUT2D eigenvalue weighted by molar-refractivity contribution is 9.11. The molecule has 9 aromatic carbocycles. The van der Waals surface area contributed by atoms with Crippen molar-refractivity contribution in [3.63, 3.8) is 0 Å². The van der Waals surface area contributed by atoms with Gasteiger partial charge in [-0.1, -0.05) is 121 Å². The summed E-state index contributed by atoms with van der Waals surface area (Å²) < 4.78 is 137. The molecule has 93 heavy (non-hydrogen) atoms. The van der Waals surface area contributed by atoms with E-state index in [9.17, 15) is 69.2 Å². The van der Waals surface area contributed by atoms with Crippen LogP contribution in [0.25, 0.3) is 50.2 Å². The summed E-state index contributed by atoms with van der Waals surface area (Å²) in [5.41, 5.74) is 1.32. The maximum atomic E-state index is 13.1. The maximum absolute atomic E-state index is 13.1. The van der Waals surface area contributed by atoms with E-state index in [2.05, 4.69) is 78.4 Å². The van der Waals surface area contributed by atoms with Crippen molar-refractivity contribution in [3.05, 3.63) is 247 Å². The van der Waals surface area contributed by atoms with Crippen LogP contribution in [0.5, 0.6) is 17.2 Å². The van der Waals surface area contributed by atoms with Crippen LogP contribution in [0.2, 0.25) is 0 Å². The zero-order valence-corrected chi connectivity index (χ0v) is 51.4. The zero-order chi connectivity index (χ0) is 66.5. The molecule has 0 aliphatic rings. The molecule has 3 N–H and O–H groups in total. The molecule has 0 saturated heterocycles. The molecule has 0 aliphatic heterocycles. The lowest BCUT2D eigenvalue weighted by molar-refractivity contribution is -0.146. The van der Waals surface area contributed by atoms with Crippen LogP contribution in [-0.4, -0.2) is 78.2 Å². The van der Waals surface area contributed by atoms with Crippen LogP contribution in [0.15, 0.2) is 214 Å². The number of fused-ring (bicyclic) bond motifs is 3. The van der Waals surface area contributed by atoms with E-state index >= 15 is 0 Å². The molecule has 474 valence electrons. The van der Waals surface area contributed by atoms with Crippen molar-refractivity contribution < 1.29 is 83.4 Å². The number of benzene rings is 9. The Morgan fingerprint density at radius 3 is 0.763 bits per heavy atom. The average Bonchev–Trinajstić information content (AvgIpc) is 1.86. The number of carboxylic acids is 3. The minimum absolute atomic E-state index is 0.0910. The van der Waals surface area contributed by atoms with E-state index < -0.39 is 71.4 Å². The van der Waals surface area contributed by atoms with Gasteiger partial charge in [-0.15, -0.1) is 45.0 Å². The van der Waals surface area contributed by atoms with Crippen molar-refractivity contribution in [1.82, 2.24) is 45.0 Å². The summed E-state index contributed by atoms with van der Waals surface area (Å²) in [6, 6.07) is 47.7. The normalized spacial score (nSPS) is 12.6. The molecule has 12 rings (SSSR count). The number of alkyl halides is 9. The number of rotatable bonds is 15. The van der Waals surface area contributed by atoms with E-state index in [0.29, 0.717) is 63.6 Å². The number of ether oxygens (including phenoxy) is 3. The van der Waals surface area contributed by atoms with Gasteiger partial charge in [0.15, 0.2) is 0 Å². The van der Waals surface area contributed by atoms with E-state index in [0.717, 1.165) is 54.6 Å². The summed E-state index contributed by atoms with van der Waals surface area (Å²) >= 11 is 10.0. The van der Waals surface area contributed by atoms with Crippen LogP contribution in [0.1, 0.15) is 51.7 Å². The summed E-state index contributed by atoms with van der Waals surface area (Å²) in [4.78, 5) is 39.5. The predicted molar refractivity (Wildman–Crippen MR) is 327 cm³/mol. The lowest BCUT2D eigenvalue weighted by Crippen LogP contribution is -2.20. The van der Waals surface area contributed by atoms with E-state index in [1.54, 1.807) is 109 Å². The Morgan fingerprint density at radius 1 is 0.333 bits per heavy atom. The van der Waals surface area contributed by atoms with Crippen molar-refractivity contribution in [1.29, 1.82) is 0 Å². The van der Waals surface area contributed by atoms with Crippen LogP contribution in [0, 0.1) is 0 Å². The van der Waals surface area contributed by atoms with Gasteiger partial charge in [0.2, 0.25) is 18.3 Å². The molecule has 0 bridgehead atoms. The largest absolute Gasteiger partial charge is 0.478 e. The summed E-state index contributed by atoms with van der Waals surface area (Å²) in [5, 5.41) is 55.2. The van der Waals surface area contributed by atoms with Crippen LogP contribution in [0.3, 0.4) is 0 Å². The van der Waals surface area contributed by atoms with Crippen molar-refractivity contribution in [3.8, 4) is 34.3 Å². The molecule has 3 atom stereocenters. The third kappa shape index (κ3) is 15.8. The van der Waals surface area contributed by atoms with Crippen LogP contribution in [0.4, 0.5) is 39.5 Å². The summed E-state index contributed by atoms with van der Waals surface area (Å²) in [7, 11) is 0. The molecular weight excluding hydrogens is 1440 g/mol. The second-order valence-electron chi connectivity index (χ2n) is 19.6. The number of carboxylic acid groups (broad SMARTS) is 3. The second-order valence-corrected chi connectivity index (χ2v) is 22.4. The Balaban J connectivity index is 0.000000153. The molecule has 0 radical (unpaired) electrons. The first-order valence-corrected chi connectivity index (χ1v) is 29.1. The van der Waals surface area contributed by atoms with Gasteiger partial charge in [-0.05, 0) is 127 Å². The number of nitrogens with zero attached hydrogens (tertiary/aromatic N) is 9. The highest BCUT2D eigenvalue weighted by Gasteiger charge is 2.36. The first-order chi connectivity index (χ1) is 44.2. The lowest BCUT2D eigenvalue weighted by Gasteiger charge is -2.19. The minimum Gasteiger partial charge on any atom is -0.478 e. The van der Waals surface area contributed by atoms with Gasteiger partial charge in [0.1, 0.15) is 67.4 Å². The Hall–Kier alpha value is -10.2. The fourth-order valence-electron chi connectivity index (χ4n) is 8.94. The molecule has 3 heterocycles. The van der Waals surface area contributed by atoms with E-state index in [4.69, 9.17) is 14.2 Å². The van der Waals surface area contributed by atoms with Gasteiger partial charge >= 0.3 is 36.4 Å². The highest BCUT2D eigenvalue weighted by Crippen LogP contribution is 2.39. The summed E-state index contributed by atoms with van der Waals surface area (Å²) in [6.07, 6.45) is -18.9. The molecule has 0 saturated carbocycles. The monoisotopic (exact) mass is 1470 g/mol. The van der Waals surface area contributed by atoms with Crippen LogP contribution in [-0.2, 0) is 32.9 Å². The van der Waals surface area contributed by atoms with Crippen molar-refractivity contribution >= 4 is 98.8 Å². The van der Waals surface area contributed by atoms with E-state index in [1.807, 2.05) is 0 Å². The topological polar surface area (TPSA) is 232 Å². The molecule has 3 unspecified atom stereocenters. The fraction of sp³-hybridized carbons (Fsp3) is 0.0952. The Kier molecular flexibility index (Phi) is 19.3. The number of aliphatic carboxylic acids is 3. The Morgan fingerprint density at radius 2 is 0.559 bits per heavy atom. The minimum atomic E-state index is -4.61. The average molecular weight is 1480 g/mol. The van der Waals surface area contributed by atoms with Gasteiger partial charge < -0.3 is 29.5 Å². The lowest BCUT2D eigenvalue weighted by atomic mass is 10.1. The maximum Gasteiger partial charge on any atom is 0.416 e. The number of hydrogen-bond donors (Lipinski definition) is 3. The first kappa shape index (κ1) is 65.7. The number of hydrogen-bond acceptors (Lipinski definition) is 12. The van der Waals surface area contributed by atoms with Gasteiger partial charge in [0.25, 0.3) is 0 Å². The fourth-order valence-corrected chi connectivity index (χ4v) is 9.99. The third-order valence-electron chi connectivity index (χ3n) is 13.2. The summed E-state index contributed by atoms with van der Waals surface area (Å²) in [5.74, 6) is -4.04. The number of halogens is 12. The second kappa shape index (κ2) is 27.3. The first-order valence-electron chi connectivity index (χ1n) is 26.7. The molecule has 12 aromatic rings. The molecule has 0 fully saturated rings. The van der Waals surface area contributed by atoms with Gasteiger partial charge in [-0.2, -0.15) is 39.5 Å². The van der Waals surface area contributed by atoms with Gasteiger partial charge in [-0.3, -0.25) is 0 Å². The van der Waals surface area contributed by atoms with Crippen LogP contribution >= 0.6 is 47.8 Å². The smallest absolute Gasteiger partial charge is 0.416 e. The third-order valence-corrected chi connectivity index (χ3v) is 14.7. The summed E-state index contributed by atoms with van der Waals surface area (Å²) in [6.45, 7) is 0. The molecule has 18 nitrogen and oxygen atoms in total. The Labute approximate surface area is 542 Å². The van der Waals surface area contributed by atoms with E-state index in [1.165, 1.54) is 50.8 Å². The standard InChI is InChI=1S/3C21H13BrF3N3O3/c3*22-14-8-9-18(17(11-14)28-26-15-6-1-2-7-16(15)27-28)31-19(20(29)30)12-4-3-5-13(10-12)21(23,24)25/h3*1-11,19H,(H,29,30). The number of carbonyl (C=O) groups is 3. The van der Waals surface area contributed by atoms with Gasteiger partial charge in [-0.25, -0.2) is 14.4 Å². The zero-order valence-electron chi connectivity index (χ0n) is 46.6. The predicted octanol–water partition coefficient (Wildman–Crippen LogP) is 16.2. The molecule has 30 heteroatoms. The van der Waals surface area contributed by atoms with Crippen LogP contribution < -0.4 is 14.2 Å². The van der Waals surface area contributed by atoms with Crippen molar-refractivity contribution in [2.75, 3.05) is 0 Å². The Bertz CT molecular complexity index is 4190.